The van der Waals surface area contributed by atoms with Gasteiger partial charge in [0, 0.05) is 11.1 Å². The summed E-state index contributed by atoms with van der Waals surface area (Å²) < 4.78 is 22.4. The lowest BCUT2D eigenvalue weighted by Crippen LogP contribution is -2.35. The van der Waals surface area contributed by atoms with Crippen LogP contribution in [0.25, 0.3) is 0 Å². The maximum atomic E-state index is 11.9. The van der Waals surface area contributed by atoms with Crippen molar-refractivity contribution in [3.05, 3.63) is 35.2 Å². The van der Waals surface area contributed by atoms with Gasteiger partial charge in [-0.1, -0.05) is 0 Å². The Morgan fingerprint density at radius 1 is 1.44 bits per heavy atom. The third-order valence-corrected chi connectivity index (χ3v) is 3.92. The largest absolute Gasteiger partial charge is 0.508 e. The number of hydrogen-bond acceptors (Lipinski definition) is 5. The highest BCUT2D eigenvalue weighted by Gasteiger charge is 2.24. The van der Waals surface area contributed by atoms with Crippen molar-refractivity contribution in [2.24, 2.45) is 0 Å². The molecule has 1 aliphatic heterocycles. The number of nitrogen functional groups attached to an aromatic ring is 1. The SMILES string of the molecule is Nc1ccc(O)cc1C(=O)NC1C=CS(=O)(=O)C1. The number of nitrogens with one attached hydrogen (secondary N) is 1. The predicted octanol–water partition coefficient (Wildman–Crippen LogP) is 0.0149. The van der Waals surface area contributed by atoms with Gasteiger partial charge in [0.1, 0.15) is 5.75 Å². The van der Waals surface area contributed by atoms with E-state index >= 15 is 0 Å². The Labute approximate surface area is 104 Å². The molecule has 0 saturated heterocycles. The lowest BCUT2D eigenvalue weighted by Gasteiger charge is -2.11. The maximum absolute atomic E-state index is 11.9. The monoisotopic (exact) mass is 268 g/mol. The fourth-order valence-electron chi connectivity index (χ4n) is 1.65. The van der Waals surface area contributed by atoms with Crippen LogP contribution < -0.4 is 11.1 Å². The summed E-state index contributed by atoms with van der Waals surface area (Å²) in [6.45, 7) is 0. The molecule has 0 aromatic heterocycles. The van der Waals surface area contributed by atoms with Crippen LogP contribution in [0.5, 0.6) is 5.75 Å². The van der Waals surface area contributed by atoms with Gasteiger partial charge in [-0.25, -0.2) is 8.42 Å². The Morgan fingerprint density at radius 3 is 2.78 bits per heavy atom. The molecule has 0 aliphatic carbocycles. The lowest BCUT2D eigenvalue weighted by molar-refractivity contribution is 0.0948. The van der Waals surface area contributed by atoms with E-state index in [2.05, 4.69) is 5.32 Å². The molecule has 4 N–H and O–H groups in total. The van der Waals surface area contributed by atoms with Crippen LogP contribution in [-0.2, 0) is 9.84 Å². The fourth-order valence-corrected chi connectivity index (χ4v) is 2.89. The van der Waals surface area contributed by atoms with E-state index in [1.54, 1.807) is 0 Å². The topological polar surface area (TPSA) is 109 Å². The number of carbonyl (C=O) groups is 1. The molecule has 0 radical (unpaired) electrons. The van der Waals surface area contributed by atoms with Crippen molar-refractivity contribution in [3.8, 4) is 5.75 Å². The summed E-state index contributed by atoms with van der Waals surface area (Å²) in [6.07, 6.45) is 1.41. The first-order chi connectivity index (χ1) is 8.37. The summed E-state index contributed by atoms with van der Waals surface area (Å²) in [6, 6.07) is 3.44. The van der Waals surface area contributed by atoms with Crippen LogP contribution in [0.2, 0.25) is 0 Å². The van der Waals surface area contributed by atoms with E-state index in [0.717, 1.165) is 5.41 Å². The quantitative estimate of drug-likeness (QED) is 0.517. The molecule has 1 unspecified atom stereocenters. The maximum Gasteiger partial charge on any atom is 0.254 e. The van der Waals surface area contributed by atoms with Crippen molar-refractivity contribution in [2.75, 3.05) is 11.5 Å². The average Bonchev–Trinajstić information content (AvgIpc) is 2.61. The molecule has 96 valence electrons. The number of phenolic OH excluding ortho intramolecular Hbond substituents is 1. The molecule has 18 heavy (non-hydrogen) atoms. The minimum absolute atomic E-state index is 0.0797. The molecule has 1 aromatic rings. The number of aromatic hydroxyl groups is 1. The second kappa shape index (κ2) is 4.34. The Kier molecular flexibility index (Phi) is 3.00. The number of nitrogens with two attached hydrogens (primary N) is 1. The average molecular weight is 268 g/mol. The van der Waals surface area contributed by atoms with Gasteiger partial charge in [-0.3, -0.25) is 4.79 Å². The second-order valence-electron chi connectivity index (χ2n) is 4.01. The van der Waals surface area contributed by atoms with E-state index in [1.165, 1.54) is 24.3 Å². The minimum Gasteiger partial charge on any atom is -0.508 e. The summed E-state index contributed by atoms with van der Waals surface area (Å²) >= 11 is 0. The van der Waals surface area contributed by atoms with Crippen LogP contribution in [0.4, 0.5) is 5.69 Å². The molecule has 1 aromatic carbocycles. The van der Waals surface area contributed by atoms with E-state index < -0.39 is 21.8 Å². The molecular weight excluding hydrogens is 256 g/mol. The Bertz CT molecular complexity index is 622. The zero-order chi connectivity index (χ0) is 13.3. The molecule has 0 fully saturated rings. The Hall–Kier alpha value is -2.02. The number of sulfone groups is 1. The molecule has 1 aliphatic rings. The van der Waals surface area contributed by atoms with Gasteiger partial charge in [0.25, 0.3) is 5.91 Å². The summed E-state index contributed by atoms with van der Waals surface area (Å²) in [4.78, 5) is 11.9. The van der Waals surface area contributed by atoms with E-state index in [0.29, 0.717) is 0 Å². The number of phenols is 1. The molecule has 0 bridgehead atoms. The lowest BCUT2D eigenvalue weighted by atomic mass is 10.1. The number of amides is 1. The van der Waals surface area contributed by atoms with E-state index in [9.17, 15) is 18.3 Å². The van der Waals surface area contributed by atoms with Crippen LogP contribution in [0.3, 0.4) is 0 Å². The molecule has 1 atom stereocenters. The highest BCUT2D eigenvalue weighted by Crippen LogP contribution is 2.19. The summed E-state index contributed by atoms with van der Waals surface area (Å²) in [5, 5.41) is 12.9. The molecule has 0 spiro atoms. The molecule has 1 heterocycles. The zero-order valence-electron chi connectivity index (χ0n) is 9.33. The normalized spacial score (nSPS) is 20.8. The van der Waals surface area contributed by atoms with Gasteiger partial charge in [-0.2, -0.15) is 0 Å². The number of rotatable bonds is 2. The number of carbonyl (C=O) groups excluding carboxylic acids is 1. The summed E-state index contributed by atoms with van der Waals surface area (Å²) in [5.74, 6) is -0.753. The molecule has 2 rings (SSSR count). The molecule has 1 amide bonds. The van der Waals surface area contributed by atoms with Gasteiger partial charge in [-0.05, 0) is 24.3 Å². The smallest absolute Gasteiger partial charge is 0.254 e. The standard InChI is InChI=1S/C11H12N2O4S/c12-10-2-1-8(14)5-9(10)11(15)13-7-3-4-18(16,17)6-7/h1-5,7,14H,6,12H2,(H,13,15). The van der Waals surface area contributed by atoms with Gasteiger partial charge in [0.15, 0.2) is 9.84 Å². The third-order valence-electron chi connectivity index (χ3n) is 2.53. The van der Waals surface area contributed by atoms with Gasteiger partial charge in [0.05, 0.1) is 17.4 Å². The third kappa shape index (κ3) is 2.62. The van der Waals surface area contributed by atoms with Crippen LogP contribution in [-0.4, -0.2) is 31.2 Å². The van der Waals surface area contributed by atoms with Crippen LogP contribution in [0.15, 0.2) is 29.7 Å². The van der Waals surface area contributed by atoms with E-state index in [4.69, 9.17) is 5.73 Å². The summed E-state index contributed by atoms with van der Waals surface area (Å²) in [5.41, 5.74) is 5.95. The van der Waals surface area contributed by atoms with Gasteiger partial charge in [-0.15, -0.1) is 0 Å². The van der Waals surface area contributed by atoms with Crippen LogP contribution in [0.1, 0.15) is 10.4 Å². The highest BCUT2D eigenvalue weighted by molar-refractivity contribution is 7.94. The molecule has 0 saturated carbocycles. The van der Waals surface area contributed by atoms with Gasteiger partial charge >= 0.3 is 0 Å². The Balaban J connectivity index is 2.14. The van der Waals surface area contributed by atoms with Crippen molar-refractivity contribution in [2.45, 2.75) is 6.04 Å². The number of hydrogen-bond donors (Lipinski definition) is 3. The predicted molar refractivity (Wildman–Crippen MR) is 66.7 cm³/mol. The molecule has 6 nitrogen and oxygen atoms in total. The van der Waals surface area contributed by atoms with E-state index in [-0.39, 0.29) is 22.8 Å². The van der Waals surface area contributed by atoms with Crippen molar-refractivity contribution in [1.82, 2.24) is 5.32 Å². The molecule has 7 heteroatoms. The van der Waals surface area contributed by atoms with Crippen molar-refractivity contribution < 1.29 is 18.3 Å². The van der Waals surface area contributed by atoms with Gasteiger partial charge < -0.3 is 16.2 Å². The van der Waals surface area contributed by atoms with E-state index in [1.807, 2.05) is 0 Å². The minimum atomic E-state index is -3.22. The zero-order valence-corrected chi connectivity index (χ0v) is 10.1. The number of anilines is 1. The number of benzene rings is 1. The van der Waals surface area contributed by atoms with Crippen molar-refractivity contribution in [1.29, 1.82) is 0 Å². The fraction of sp³-hybridized carbons (Fsp3) is 0.182. The first-order valence-corrected chi connectivity index (χ1v) is 6.89. The first-order valence-electron chi connectivity index (χ1n) is 5.18. The molecular formula is C11H12N2O4S. The Morgan fingerprint density at radius 2 is 2.17 bits per heavy atom. The summed E-state index contributed by atoms with van der Waals surface area (Å²) in [7, 11) is -3.22. The van der Waals surface area contributed by atoms with Crippen molar-refractivity contribution in [3.63, 3.8) is 0 Å². The van der Waals surface area contributed by atoms with Crippen molar-refractivity contribution >= 4 is 21.4 Å². The van der Waals surface area contributed by atoms with Crippen LogP contribution >= 0.6 is 0 Å². The highest BCUT2D eigenvalue weighted by atomic mass is 32.2. The van der Waals surface area contributed by atoms with Crippen LogP contribution in [0, 0.1) is 0 Å². The van der Waals surface area contributed by atoms with Gasteiger partial charge in [0.2, 0.25) is 0 Å². The second-order valence-corrected chi connectivity index (χ2v) is 5.94. The first kappa shape index (κ1) is 12.4.